The van der Waals surface area contributed by atoms with E-state index in [1.165, 1.54) is 161 Å². The Balaban J connectivity index is 4.14. The molecule has 6 heteroatoms. The van der Waals surface area contributed by atoms with Gasteiger partial charge in [-0.1, -0.05) is 236 Å². The minimum absolute atomic E-state index is 0.0781. The van der Waals surface area contributed by atoms with Crippen molar-refractivity contribution in [3.05, 3.63) is 60.8 Å². The summed E-state index contributed by atoms with van der Waals surface area (Å²) in [7, 11) is 0. The highest BCUT2D eigenvalue weighted by Crippen LogP contribution is 2.15. The average Bonchev–Trinajstić information content (AvgIpc) is 3.31. The Kier molecular flexibility index (Phi) is 52.3. The molecule has 0 aliphatic carbocycles. The van der Waals surface area contributed by atoms with Gasteiger partial charge >= 0.3 is 17.9 Å². The zero-order chi connectivity index (χ0) is 47.9. The molecule has 1 atom stereocenters. The third-order valence-corrected chi connectivity index (χ3v) is 12.2. The fraction of sp³-hybridized carbons (Fsp3) is 0.783. The number of hydrogen-bond acceptors (Lipinski definition) is 6. The predicted octanol–water partition coefficient (Wildman–Crippen LogP) is 18.8. The van der Waals surface area contributed by atoms with Gasteiger partial charge in [0.25, 0.3) is 0 Å². The summed E-state index contributed by atoms with van der Waals surface area (Å²) in [5.74, 6) is -0.892. The molecule has 0 saturated carbocycles. The molecule has 0 bridgehead atoms. The van der Waals surface area contributed by atoms with Crippen LogP contribution < -0.4 is 0 Å². The van der Waals surface area contributed by atoms with Crippen molar-refractivity contribution in [2.24, 2.45) is 0 Å². The molecule has 0 radical (unpaired) electrons. The van der Waals surface area contributed by atoms with E-state index < -0.39 is 6.10 Å². The number of rotatable bonds is 51. The Morgan fingerprint density at radius 3 is 0.879 bits per heavy atom. The van der Waals surface area contributed by atoms with Crippen molar-refractivity contribution in [3.8, 4) is 0 Å². The van der Waals surface area contributed by atoms with Crippen LogP contribution in [0.4, 0.5) is 0 Å². The van der Waals surface area contributed by atoms with Crippen LogP contribution in [0.5, 0.6) is 0 Å². The molecule has 0 aromatic rings. The Bertz CT molecular complexity index is 1200. The Morgan fingerprint density at radius 1 is 0.303 bits per heavy atom. The summed E-state index contributed by atoms with van der Waals surface area (Å²) in [6, 6.07) is 0. The smallest absolute Gasteiger partial charge is 0.306 e. The zero-order valence-corrected chi connectivity index (χ0v) is 43.7. The van der Waals surface area contributed by atoms with Crippen LogP contribution in [0.15, 0.2) is 60.8 Å². The Hall–Kier alpha value is -2.89. The molecule has 0 rings (SSSR count). The summed E-state index contributed by atoms with van der Waals surface area (Å²) in [5, 5.41) is 0. The lowest BCUT2D eigenvalue weighted by atomic mass is 10.1. The lowest BCUT2D eigenvalue weighted by Crippen LogP contribution is -2.30. The summed E-state index contributed by atoms with van der Waals surface area (Å²) in [6.07, 6.45) is 68.1. The van der Waals surface area contributed by atoms with Gasteiger partial charge in [0.15, 0.2) is 6.10 Å². The van der Waals surface area contributed by atoms with Gasteiger partial charge in [0, 0.05) is 19.3 Å². The van der Waals surface area contributed by atoms with Gasteiger partial charge in [0.05, 0.1) is 0 Å². The standard InChI is InChI=1S/C60H106O6/c1-4-7-10-13-16-18-20-22-24-26-27-28-29-30-31-32-33-35-36-38-40-42-44-47-50-53-59(62)65-56-57(55-64-58(61)52-49-46-15-12-9-6-3)66-60(63)54-51-48-45-43-41-39-37-34-25-23-21-19-17-14-11-8-5-2/h17,19-20,22-23,25-27,29-30,57H,4-16,18,21,24,28,31-56H2,1-3H3/b19-17-,22-20-,25-23-,27-26-,30-29-. The van der Waals surface area contributed by atoms with Crippen LogP contribution in [0.2, 0.25) is 0 Å². The molecule has 6 nitrogen and oxygen atoms in total. The van der Waals surface area contributed by atoms with Crippen molar-refractivity contribution in [2.45, 2.75) is 290 Å². The number of carbonyl (C=O) groups excluding carboxylic acids is 3. The van der Waals surface area contributed by atoms with Gasteiger partial charge in [0.2, 0.25) is 0 Å². The molecule has 0 N–H and O–H groups in total. The summed E-state index contributed by atoms with van der Waals surface area (Å²) in [4.78, 5) is 37.8. The van der Waals surface area contributed by atoms with Crippen LogP contribution >= 0.6 is 0 Å². The lowest BCUT2D eigenvalue weighted by Gasteiger charge is -2.18. The molecule has 382 valence electrons. The van der Waals surface area contributed by atoms with Crippen molar-refractivity contribution in [2.75, 3.05) is 13.2 Å². The summed E-state index contributed by atoms with van der Waals surface area (Å²) >= 11 is 0. The maximum atomic E-state index is 12.8. The number of esters is 3. The second kappa shape index (κ2) is 54.7. The zero-order valence-electron chi connectivity index (χ0n) is 43.7. The first-order valence-corrected chi connectivity index (χ1v) is 28.3. The second-order valence-corrected chi connectivity index (χ2v) is 18.8. The first-order chi connectivity index (χ1) is 32.5. The molecule has 0 amide bonds. The van der Waals surface area contributed by atoms with Gasteiger partial charge in [-0.25, -0.2) is 0 Å². The van der Waals surface area contributed by atoms with Gasteiger partial charge in [-0.05, 0) is 89.9 Å². The van der Waals surface area contributed by atoms with E-state index in [9.17, 15) is 14.4 Å². The average molecular weight is 924 g/mol. The van der Waals surface area contributed by atoms with Gasteiger partial charge in [0.1, 0.15) is 13.2 Å². The van der Waals surface area contributed by atoms with E-state index in [2.05, 4.69) is 81.5 Å². The first-order valence-electron chi connectivity index (χ1n) is 28.3. The molecule has 0 aromatic heterocycles. The monoisotopic (exact) mass is 923 g/mol. The predicted molar refractivity (Wildman–Crippen MR) is 284 cm³/mol. The third-order valence-electron chi connectivity index (χ3n) is 12.2. The molecular formula is C60H106O6. The van der Waals surface area contributed by atoms with Gasteiger partial charge in [-0.2, -0.15) is 0 Å². The van der Waals surface area contributed by atoms with Crippen molar-refractivity contribution in [3.63, 3.8) is 0 Å². The topological polar surface area (TPSA) is 78.9 Å². The van der Waals surface area contributed by atoms with E-state index in [1.54, 1.807) is 0 Å². The van der Waals surface area contributed by atoms with E-state index in [0.29, 0.717) is 19.3 Å². The molecule has 1 unspecified atom stereocenters. The van der Waals surface area contributed by atoms with Gasteiger partial charge < -0.3 is 14.2 Å². The first kappa shape index (κ1) is 63.1. The molecule has 0 heterocycles. The summed E-state index contributed by atoms with van der Waals surface area (Å²) in [6.45, 7) is 6.55. The molecule has 66 heavy (non-hydrogen) atoms. The van der Waals surface area contributed by atoms with Crippen molar-refractivity contribution >= 4 is 17.9 Å². The molecule has 0 fully saturated rings. The highest BCUT2D eigenvalue weighted by atomic mass is 16.6. The van der Waals surface area contributed by atoms with E-state index in [4.69, 9.17) is 14.2 Å². The molecule has 0 aliphatic heterocycles. The quantitative estimate of drug-likeness (QED) is 0.0262. The van der Waals surface area contributed by atoms with Crippen molar-refractivity contribution in [1.29, 1.82) is 0 Å². The van der Waals surface area contributed by atoms with Crippen molar-refractivity contribution in [1.82, 2.24) is 0 Å². The van der Waals surface area contributed by atoms with Crippen LogP contribution in [0, 0.1) is 0 Å². The highest BCUT2D eigenvalue weighted by Gasteiger charge is 2.19. The van der Waals surface area contributed by atoms with Crippen molar-refractivity contribution < 1.29 is 28.6 Å². The van der Waals surface area contributed by atoms with E-state index in [-0.39, 0.29) is 31.1 Å². The number of unbranched alkanes of at least 4 members (excludes halogenated alkanes) is 30. The Morgan fingerprint density at radius 2 is 0.545 bits per heavy atom. The largest absolute Gasteiger partial charge is 0.462 e. The van der Waals surface area contributed by atoms with Crippen LogP contribution in [0.3, 0.4) is 0 Å². The Labute approximate surface area is 409 Å². The lowest BCUT2D eigenvalue weighted by molar-refractivity contribution is -0.167. The molecule has 0 spiro atoms. The fourth-order valence-electron chi connectivity index (χ4n) is 7.95. The molecule has 0 saturated heterocycles. The maximum Gasteiger partial charge on any atom is 0.306 e. The number of ether oxygens (including phenoxy) is 3. The minimum atomic E-state index is -0.776. The summed E-state index contributed by atoms with van der Waals surface area (Å²) < 4.78 is 16.7. The van der Waals surface area contributed by atoms with Crippen LogP contribution in [-0.2, 0) is 28.6 Å². The van der Waals surface area contributed by atoms with E-state index >= 15 is 0 Å². The summed E-state index contributed by atoms with van der Waals surface area (Å²) in [5.41, 5.74) is 0. The number of hydrogen-bond donors (Lipinski definition) is 0. The number of allylic oxidation sites excluding steroid dienone is 10. The minimum Gasteiger partial charge on any atom is -0.462 e. The van der Waals surface area contributed by atoms with E-state index in [1.807, 2.05) is 0 Å². The van der Waals surface area contributed by atoms with Gasteiger partial charge in [-0.15, -0.1) is 0 Å². The van der Waals surface area contributed by atoms with Crippen LogP contribution in [-0.4, -0.2) is 37.2 Å². The SMILES string of the molecule is CCCCC/C=C\C/C=C\CCCCCCCCCC(=O)OC(COC(=O)CCCCCCCC)COC(=O)CCCCCCCCCCCC/C=C\C/C=C\C/C=C\CCCCCCC. The second-order valence-electron chi connectivity index (χ2n) is 18.8. The third kappa shape index (κ3) is 52.1. The van der Waals surface area contributed by atoms with Gasteiger partial charge in [-0.3, -0.25) is 14.4 Å². The highest BCUT2D eigenvalue weighted by molar-refractivity contribution is 5.71. The maximum absolute atomic E-state index is 12.8. The molecule has 0 aliphatic rings. The van der Waals surface area contributed by atoms with Crippen LogP contribution in [0.1, 0.15) is 284 Å². The van der Waals surface area contributed by atoms with Crippen LogP contribution in [0.25, 0.3) is 0 Å². The molecular weight excluding hydrogens is 817 g/mol. The number of carbonyl (C=O) groups is 3. The fourth-order valence-corrected chi connectivity index (χ4v) is 7.95. The normalized spacial score (nSPS) is 12.5. The van der Waals surface area contributed by atoms with E-state index in [0.717, 1.165) is 83.5 Å². The molecule has 0 aromatic carbocycles.